The van der Waals surface area contributed by atoms with Gasteiger partial charge in [0.1, 0.15) is 5.75 Å². The first-order valence-electron chi connectivity index (χ1n) is 6.02. The lowest BCUT2D eigenvalue weighted by Crippen LogP contribution is -2.28. The Hall–Kier alpha value is -1.26. The number of benzene rings is 1. The maximum atomic E-state index is 10.0. The summed E-state index contributed by atoms with van der Waals surface area (Å²) in [5.74, 6) is 0.499. The van der Waals surface area contributed by atoms with Crippen LogP contribution in [-0.2, 0) is 4.74 Å². The van der Waals surface area contributed by atoms with Gasteiger partial charge in [0, 0.05) is 24.8 Å². The van der Waals surface area contributed by atoms with E-state index in [1.807, 2.05) is 13.0 Å². The van der Waals surface area contributed by atoms with Crippen molar-refractivity contribution in [3.63, 3.8) is 0 Å². The molecular weight excluding hydrogens is 216 g/mol. The average Bonchev–Trinajstić information content (AvgIpc) is 2.35. The van der Waals surface area contributed by atoms with Crippen LogP contribution in [0.1, 0.15) is 30.0 Å². The number of hydrogen-bond donors (Lipinski definition) is 3. The average molecular weight is 236 g/mol. The maximum absolute atomic E-state index is 10.0. The molecule has 0 radical (unpaired) electrons. The van der Waals surface area contributed by atoms with Crippen LogP contribution in [-0.4, -0.2) is 18.3 Å². The smallest absolute Gasteiger partial charge is 0.143 e. The second kappa shape index (κ2) is 4.94. The van der Waals surface area contributed by atoms with Gasteiger partial charge in [0.15, 0.2) is 0 Å². The summed E-state index contributed by atoms with van der Waals surface area (Å²) in [4.78, 5) is 0. The van der Waals surface area contributed by atoms with Gasteiger partial charge in [-0.3, -0.25) is 0 Å². The molecule has 1 aromatic carbocycles. The van der Waals surface area contributed by atoms with Gasteiger partial charge in [0.2, 0.25) is 0 Å². The predicted molar refractivity (Wildman–Crippen MR) is 67.7 cm³/mol. The summed E-state index contributed by atoms with van der Waals surface area (Å²) < 4.78 is 5.33. The lowest BCUT2D eigenvalue weighted by Gasteiger charge is -2.29. The Bertz CT molecular complexity index is 401. The van der Waals surface area contributed by atoms with E-state index in [2.05, 4.69) is 0 Å². The van der Waals surface area contributed by atoms with Crippen LogP contribution in [0.2, 0.25) is 0 Å². The monoisotopic (exact) mass is 236 g/mol. The first-order chi connectivity index (χ1) is 8.11. The Morgan fingerprint density at radius 3 is 2.65 bits per heavy atom. The Morgan fingerprint density at radius 2 is 2.00 bits per heavy atom. The molecule has 0 saturated carbocycles. The molecule has 1 aromatic rings. The Morgan fingerprint density at radius 1 is 1.35 bits per heavy atom. The van der Waals surface area contributed by atoms with E-state index >= 15 is 0 Å². The number of phenolic OH excluding ortho intramolecular Hbond substituents is 1. The van der Waals surface area contributed by atoms with Gasteiger partial charge in [-0.05, 0) is 37.3 Å². The molecule has 0 unspecified atom stereocenters. The number of aryl methyl sites for hydroxylation is 1. The van der Waals surface area contributed by atoms with Crippen molar-refractivity contribution in [2.75, 3.05) is 18.9 Å². The van der Waals surface area contributed by atoms with Gasteiger partial charge in [-0.25, -0.2) is 0 Å². The molecule has 17 heavy (non-hydrogen) atoms. The summed E-state index contributed by atoms with van der Waals surface area (Å²) in [6, 6.07) is 3.46. The van der Waals surface area contributed by atoms with Crippen molar-refractivity contribution in [3.8, 4) is 5.75 Å². The molecule has 0 aliphatic carbocycles. The molecule has 1 saturated heterocycles. The second-order valence-electron chi connectivity index (χ2n) is 4.71. The van der Waals surface area contributed by atoms with Gasteiger partial charge in [0.05, 0.1) is 5.69 Å². The largest absolute Gasteiger partial charge is 0.505 e. The lowest BCUT2D eigenvalue weighted by molar-refractivity contribution is 0.0580. The van der Waals surface area contributed by atoms with E-state index in [1.165, 1.54) is 0 Å². The van der Waals surface area contributed by atoms with Crippen LogP contribution in [0.3, 0.4) is 0 Å². The van der Waals surface area contributed by atoms with E-state index < -0.39 is 0 Å². The van der Waals surface area contributed by atoms with Gasteiger partial charge in [0.25, 0.3) is 0 Å². The maximum Gasteiger partial charge on any atom is 0.143 e. The van der Waals surface area contributed by atoms with Crippen LogP contribution in [0.4, 0.5) is 5.69 Å². The van der Waals surface area contributed by atoms with Crippen molar-refractivity contribution in [3.05, 3.63) is 23.3 Å². The van der Waals surface area contributed by atoms with Crippen LogP contribution >= 0.6 is 0 Å². The van der Waals surface area contributed by atoms with E-state index in [9.17, 15) is 5.11 Å². The fourth-order valence-electron chi connectivity index (χ4n) is 2.46. The second-order valence-corrected chi connectivity index (χ2v) is 4.71. The van der Waals surface area contributed by atoms with Gasteiger partial charge < -0.3 is 21.3 Å². The highest BCUT2D eigenvalue weighted by Crippen LogP contribution is 2.37. The number of aromatic hydroxyl groups is 1. The third-order valence-electron chi connectivity index (χ3n) is 3.57. The van der Waals surface area contributed by atoms with Crippen molar-refractivity contribution in [1.82, 2.24) is 0 Å². The van der Waals surface area contributed by atoms with Crippen LogP contribution in [0.15, 0.2) is 12.1 Å². The lowest BCUT2D eigenvalue weighted by atomic mass is 9.85. The van der Waals surface area contributed by atoms with E-state index in [-0.39, 0.29) is 11.8 Å². The summed E-state index contributed by atoms with van der Waals surface area (Å²) in [7, 11) is 0. The number of phenols is 1. The summed E-state index contributed by atoms with van der Waals surface area (Å²) in [6.45, 7) is 3.45. The predicted octanol–water partition coefficient (Wildman–Crippen LogP) is 1.71. The molecule has 1 atom stereocenters. The molecule has 0 bridgehead atoms. The summed E-state index contributed by atoms with van der Waals surface area (Å²) in [5.41, 5.74) is 14.2. The number of rotatable bonds is 2. The Labute approximate surface area is 102 Å². The van der Waals surface area contributed by atoms with Crippen molar-refractivity contribution in [2.45, 2.75) is 25.8 Å². The van der Waals surface area contributed by atoms with Crippen molar-refractivity contribution < 1.29 is 9.84 Å². The third-order valence-corrected chi connectivity index (χ3v) is 3.57. The van der Waals surface area contributed by atoms with E-state index in [0.717, 1.165) is 37.2 Å². The molecule has 5 N–H and O–H groups in total. The summed E-state index contributed by atoms with van der Waals surface area (Å²) >= 11 is 0. The molecule has 1 fully saturated rings. The highest BCUT2D eigenvalue weighted by atomic mass is 16.5. The quantitative estimate of drug-likeness (QED) is 0.539. The first kappa shape index (κ1) is 12.2. The van der Waals surface area contributed by atoms with Crippen LogP contribution in [0, 0.1) is 12.8 Å². The fourth-order valence-corrected chi connectivity index (χ4v) is 2.46. The molecule has 1 aliphatic rings. The molecule has 1 heterocycles. The Kier molecular flexibility index (Phi) is 3.54. The SMILES string of the molecule is Cc1ccc(N)c(O)c1[C@H](N)C1CCOCC1. The highest BCUT2D eigenvalue weighted by Gasteiger charge is 2.26. The van der Waals surface area contributed by atoms with E-state index in [1.54, 1.807) is 6.07 Å². The molecule has 94 valence electrons. The molecule has 0 aromatic heterocycles. The number of nitrogens with two attached hydrogens (primary N) is 2. The zero-order valence-corrected chi connectivity index (χ0v) is 10.1. The number of anilines is 1. The molecule has 2 rings (SSSR count). The number of ether oxygens (including phenoxy) is 1. The summed E-state index contributed by atoms with van der Waals surface area (Å²) in [6.07, 6.45) is 1.88. The minimum absolute atomic E-state index is 0.143. The molecule has 1 aliphatic heterocycles. The number of hydrogen-bond acceptors (Lipinski definition) is 4. The van der Waals surface area contributed by atoms with Crippen LogP contribution in [0.5, 0.6) is 5.75 Å². The van der Waals surface area contributed by atoms with E-state index in [0.29, 0.717) is 11.6 Å². The van der Waals surface area contributed by atoms with E-state index in [4.69, 9.17) is 16.2 Å². The normalized spacial score (nSPS) is 19.2. The van der Waals surface area contributed by atoms with Gasteiger partial charge >= 0.3 is 0 Å². The molecule has 4 nitrogen and oxygen atoms in total. The minimum atomic E-state index is -0.164. The number of nitrogen functional groups attached to an aromatic ring is 1. The van der Waals surface area contributed by atoms with Gasteiger partial charge in [-0.2, -0.15) is 0 Å². The standard InChI is InChI=1S/C13H20N2O2/c1-8-2-3-10(14)13(16)11(8)12(15)9-4-6-17-7-5-9/h2-3,9,12,16H,4-7,14-15H2,1H3/t12-/m1/s1. The van der Waals surface area contributed by atoms with Crippen molar-refractivity contribution >= 4 is 5.69 Å². The summed E-state index contributed by atoms with van der Waals surface area (Å²) in [5, 5.41) is 10.0. The topological polar surface area (TPSA) is 81.5 Å². The Balaban J connectivity index is 2.29. The van der Waals surface area contributed by atoms with Crippen molar-refractivity contribution in [1.29, 1.82) is 0 Å². The molecule has 0 amide bonds. The van der Waals surface area contributed by atoms with Gasteiger partial charge in [-0.1, -0.05) is 6.07 Å². The van der Waals surface area contributed by atoms with Gasteiger partial charge in [-0.15, -0.1) is 0 Å². The zero-order chi connectivity index (χ0) is 12.4. The first-order valence-corrected chi connectivity index (χ1v) is 6.02. The fraction of sp³-hybridized carbons (Fsp3) is 0.538. The molecule has 4 heteroatoms. The third kappa shape index (κ3) is 2.37. The minimum Gasteiger partial charge on any atom is -0.505 e. The molecule has 0 spiro atoms. The van der Waals surface area contributed by atoms with Crippen LogP contribution in [0.25, 0.3) is 0 Å². The zero-order valence-electron chi connectivity index (χ0n) is 10.1. The highest BCUT2D eigenvalue weighted by molar-refractivity contribution is 5.59. The molecular formula is C13H20N2O2. The van der Waals surface area contributed by atoms with Crippen molar-refractivity contribution in [2.24, 2.45) is 11.7 Å². The van der Waals surface area contributed by atoms with Crippen LogP contribution < -0.4 is 11.5 Å².